The van der Waals surface area contributed by atoms with Crippen LogP contribution in [0.2, 0.25) is 5.32 Å². The molecule has 0 aromatic rings. The number of aliphatic hydroxyl groups excluding tert-OH is 2. The number of nitrogens with zero attached hydrogens (tertiary/aromatic N) is 1. The number of carbonyl (C=O) groups excluding carboxylic acids is 1. The SMILES string of the molecule is O=C(O)[C@H](C[SeH])N([S-])C(=O)C(O)CO. The Hall–Kier alpha value is -0.271. The molecule has 1 amide bonds. The summed E-state index contributed by atoms with van der Waals surface area (Å²) >= 11 is 6.51. The molecule has 2 atom stereocenters. The number of carboxylic acid groups (broad SMARTS) is 1. The van der Waals surface area contributed by atoms with E-state index in [1.807, 2.05) is 16.0 Å². The van der Waals surface area contributed by atoms with Crippen LogP contribution >= 0.6 is 0 Å². The molecule has 0 aliphatic heterocycles. The van der Waals surface area contributed by atoms with Crippen molar-refractivity contribution in [2.24, 2.45) is 0 Å². The van der Waals surface area contributed by atoms with Crippen molar-refractivity contribution in [1.82, 2.24) is 4.31 Å². The van der Waals surface area contributed by atoms with Crippen LogP contribution in [0.5, 0.6) is 0 Å². The van der Waals surface area contributed by atoms with Crippen LogP contribution in [0.25, 0.3) is 0 Å². The van der Waals surface area contributed by atoms with Crippen molar-refractivity contribution in [2.75, 3.05) is 6.61 Å². The second-order valence-electron chi connectivity index (χ2n) is 2.40. The van der Waals surface area contributed by atoms with E-state index in [0.717, 1.165) is 0 Å². The zero-order valence-electron chi connectivity index (χ0n) is 7.03. The summed E-state index contributed by atoms with van der Waals surface area (Å²) in [5.41, 5.74) is 0. The topological polar surface area (TPSA) is 98.1 Å². The van der Waals surface area contributed by atoms with Crippen molar-refractivity contribution in [1.29, 1.82) is 0 Å². The molecule has 6 nitrogen and oxygen atoms in total. The molecule has 0 heterocycles. The zero-order chi connectivity index (χ0) is 11.3. The Labute approximate surface area is 94.3 Å². The quantitative estimate of drug-likeness (QED) is 0.379. The molecule has 8 heteroatoms. The molecule has 0 saturated heterocycles. The third-order valence-electron chi connectivity index (χ3n) is 1.42. The van der Waals surface area contributed by atoms with Gasteiger partial charge < -0.3 is 0 Å². The van der Waals surface area contributed by atoms with Gasteiger partial charge in [-0.25, -0.2) is 0 Å². The summed E-state index contributed by atoms with van der Waals surface area (Å²) in [5.74, 6) is -2.24. The van der Waals surface area contributed by atoms with Crippen LogP contribution in [-0.2, 0) is 22.4 Å². The Bertz CT molecular complexity index is 226. The molecule has 0 radical (unpaired) electrons. The van der Waals surface area contributed by atoms with Crippen LogP contribution in [0.4, 0.5) is 0 Å². The van der Waals surface area contributed by atoms with Gasteiger partial charge in [-0.1, -0.05) is 0 Å². The van der Waals surface area contributed by atoms with Crippen LogP contribution in [0.3, 0.4) is 0 Å². The number of carboxylic acids is 1. The molecule has 0 aromatic heterocycles. The Morgan fingerprint density at radius 2 is 2.00 bits per heavy atom. The van der Waals surface area contributed by atoms with E-state index in [9.17, 15) is 9.59 Å². The van der Waals surface area contributed by atoms with Gasteiger partial charge in [-0.3, -0.25) is 0 Å². The number of amides is 1. The van der Waals surface area contributed by atoms with E-state index in [4.69, 9.17) is 15.3 Å². The van der Waals surface area contributed by atoms with Gasteiger partial charge in [-0.15, -0.1) is 0 Å². The van der Waals surface area contributed by atoms with E-state index < -0.39 is 30.6 Å². The zero-order valence-corrected chi connectivity index (χ0v) is 9.72. The fraction of sp³-hybridized carbons (Fsp3) is 0.667. The van der Waals surface area contributed by atoms with E-state index >= 15 is 0 Å². The summed E-state index contributed by atoms with van der Waals surface area (Å²) in [6.45, 7) is -0.781. The number of carbonyl (C=O) groups is 2. The van der Waals surface area contributed by atoms with Crippen molar-refractivity contribution >= 4 is 40.7 Å². The molecule has 3 N–H and O–H groups in total. The first-order chi connectivity index (χ1) is 6.45. The predicted octanol–water partition coefficient (Wildman–Crippen LogP) is -2.60. The average Bonchev–Trinajstić information content (AvgIpc) is 2.15. The first-order valence-electron chi connectivity index (χ1n) is 3.58. The molecule has 0 aromatic carbocycles. The van der Waals surface area contributed by atoms with Crippen molar-refractivity contribution in [3.63, 3.8) is 0 Å². The van der Waals surface area contributed by atoms with Gasteiger partial charge >= 0.3 is 94.0 Å². The summed E-state index contributed by atoms with van der Waals surface area (Å²) < 4.78 is 0.488. The number of hydrogen-bond donors (Lipinski definition) is 3. The normalized spacial score (nSPS) is 14.6. The number of hydrogen-bond acceptors (Lipinski definition) is 5. The summed E-state index contributed by atoms with van der Waals surface area (Å²) in [6.07, 6.45) is -1.66. The van der Waals surface area contributed by atoms with E-state index in [2.05, 4.69) is 12.8 Å². The van der Waals surface area contributed by atoms with E-state index in [-0.39, 0.29) is 5.32 Å². The second-order valence-corrected chi connectivity index (χ2v) is 3.56. The van der Waals surface area contributed by atoms with Crippen LogP contribution in [0.15, 0.2) is 0 Å². The molecule has 0 spiro atoms. The van der Waals surface area contributed by atoms with Crippen LogP contribution in [0.1, 0.15) is 0 Å². The molecule has 0 aliphatic carbocycles. The van der Waals surface area contributed by atoms with E-state index in [1.165, 1.54) is 0 Å². The molecular formula is C6H10NO5SSe-. The first kappa shape index (κ1) is 13.7. The average molecular weight is 287 g/mol. The van der Waals surface area contributed by atoms with Crippen LogP contribution < -0.4 is 0 Å². The number of aliphatic carboxylic acids is 1. The Morgan fingerprint density at radius 3 is 2.29 bits per heavy atom. The molecule has 0 saturated carbocycles. The van der Waals surface area contributed by atoms with Crippen molar-refractivity contribution in [3.8, 4) is 0 Å². The standard InChI is InChI=1S/C6H10NO5SSe/c8-1-4(9)5(10)7(13)3(2-14)6(11)12/h3-4,8-9,14H,1-2H2,(H,11,12)/q-1/t3-,4?/m0/s1. The van der Waals surface area contributed by atoms with Crippen molar-refractivity contribution in [3.05, 3.63) is 0 Å². The summed E-state index contributed by atoms with van der Waals surface area (Å²) in [7, 11) is 0. The maximum atomic E-state index is 11.1. The minimum atomic E-state index is -1.66. The van der Waals surface area contributed by atoms with E-state index in [0.29, 0.717) is 4.31 Å². The fourth-order valence-electron chi connectivity index (χ4n) is 0.631. The second kappa shape index (κ2) is 6.26. The van der Waals surface area contributed by atoms with Gasteiger partial charge in [0, 0.05) is 0 Å². The molecule has 14 heavy (non-hydrogen) atoms. The predicted molar refractivity (Wildman–Crippen MR) is 50.7 cm³/mol. The molecular weight excluding hydrogens is 277 g/mol. The molecule has 0 fully saturated rings. The number of rotatable bonds is 5. The fourth-order valence-corrected chi connectivity index (χ4v) is 1.83. The number of aliphatic hydroxyl groups is 2. The van der Waals surface area contributed by atoms with Crippen molar-refractivity contribution in [2.45, 2.75) is 17.5 Å². The third kappa shape index (κ3) is 3.47. The molecule has 0 bridgehead atoms. The summed E-state index contributed by atoms with van der Waals surface area (Å²) in [6, 6.07) is -1.18. The van der Waals surface area contributed by atoms with Gasteiger partial charge in [0.1, 0.15) is 0 Å². The molecule has 1 unspecified atom stereocenters. The first-order valence-corrected chi connectivity index (χ1v) is 5.27. The van der Waals surface area contributed by atoms with Gasteiger partial charge in [-0.2, -0.15) is 0 Å². The van der Waals surface area contributed by atoms with Gasteiger partial charge in [0.15, 0.2) is 0 Å². The van der Waals surface area contributed by atoms with E-state index in [1.54, 1.807) is 0 Å². The third-order valence-corrected chi connectivity index (χ3v) is 2.58. The van der Waals surface area contributed by atoms with Gasteiger partial charge in [0.2, 0.25) is 0 Å². The molecule has 0 rings (SSSR count). The van der Waals surface area contributed by atoms with Crippen LogP contribution in [0, 0.1) is 0 Å². The Kier molecular flexibility index (Phi) is 6.14. The van der Waals surface area contributed by atoms with Gasteiger partial charge in [0.25, 0.3) is 0 Å². The van der Waals surface area contributed by atoms with Gasteiger partial charge in [0.05, 0.1) is 0 Å². The van der Waals surface area contributed by atoms with Gasteiger partial charge in [-0.05, 0) is 0 Å². The van der Waals surface area contributed by atoms with Crippen molar-refractivity contribution < 1.29 is 24.9 Å². The summed E-state index contributed by atoms with van der Waals surface area (Å²) in [5, 5.41) is 26.1. The Morgan fingerprint density at radius 1 is 1.50 bits per heavy atom. The molecule has 0 aliphatic rings. The summed E-state index contributed by atoms with van der Waals surface area (Å²) in [4.78, 5) is 21.7. The molecule has 82 valence electrons. The minimum absolute atomic E-state index is 0.0791. The monoisotopic (exact) mass is 288 g/mol. The Balaban J connectivity index is 4.49. The maximum absolute atomic E-state index is 11.1. The van der Waals surface area contributed by atoms with Crippen LogP contribution in [-0.4, -0.2) is 66.3 Å².